The van der Waals surface area contributed by atoms with Crippen LogP contribution in [-0.4, -0.2) is 47.3 Å². The standard InChI is InChI=1S/C22H27N3O3/c1-4-6-13-24(5-2)19(26)15-25-20(27)22(3,23-21(25)28)18-12-11-16-9-7-8-10-17(16)14-18/h7-12,14H,4-6,13,15H2,1-3H3,(H,23,28). The second-order valence-corrected chi connectivity index (χ2v) is 7.34. The van der Waals surface area contributed by atoms with E-state index in [1.807, 2.05) is 49.4 Å². The maximum atomic E-state index is 13.1. The number of imide groups is 1. The monoisotopic (exact) mass is 381 g/mol. The number of hydrogen-bond donors (Lipinski definition) is 1. The highest BCUT2D eigenvalue weighted by Gasteiger charge is 2.49. The first-order chi connectivity index (χ1) is 13.4. The van der Waals surface area contributed by atoms with Crippen molar-refractivity contribution in [2.45, 2.75) is 39.2 Å². The molecule has 1 unspecified atom stereocenters. The molecule has 1 N–H and O–H groups in total. The third kappa shape index (κ3) is 3.59. The largest absolute Gasteiger partial charge is 0.341 e. The SMILES string of the molecule is CCCCN(CC)C(=O)CN1C(=O)NC(C)(c2ccc3ccccc3c2)C1=O. The lowest BCUT2D eigenvalue weighted by molar-refractivity contribution is -0.138. The van der Waals surface area contributed by atoms with Gasteiger partial charge in [-0.1, -0.05) is 49.7 Å². The second-order valence-electron chi connectivity index (χ2n) is 7.34. The van der Waals surface area contributed by atoms with Crippen molar-refractivity contribution in [3.05, 3.63) is 48.0 Å². The summed E-state index contributed by atoms with van der Waals surface area (Å²) in [6.45, 7) is 6.62. The number of nitrogens with one attached hydrogen (secondary N) is 1. The number of hydrogen-bond acceptors (Lipinski definition) is 3. The fraction of sp³-hybridized carbons (Fsp3) is 0.409. The van der Waals surface area contributed by atoms with Crippen molar-refractivity contribution in [2.75, 3.05) is 19.6 Å². The van der Waals surface area contributed by atoms with Crippen LogP contribution in [0.1, 0.15) is 39.2 Å². The molecule has 0 saturated carbocycles. The molecule has 2 aromatic rings. The molecule has 1 saturated heterocycles. The van der Waals surface area contributed by atoms with E-state index in [1.54, 1.807) is 11.8 Å². The lowest BCUT2D eigenvalue weighted by Gasteiger charge is -2.24. The summed E-state index contributed by atoms with van der Waals surface area (Å²) in [7, 11) is 0. The number of amides is 4. The highest BCUT2D eigenvalue weighted by molar-refractivity contribution is 6.09. The van der Waals surface area contributed by atoms with Crippen LogP contribution in [0.25, 0.3) is 10.8 Å². The van der Waals surface area contributed by atoms with Crippen molar-refractivity contribution < 1.29 is 14.4 Å². The van der Waals surface area contributed by atoms with E-state index in [2.05, 4.69) is 12.2 Å². The molecule has 6 nitrogen and oxygen atoms in total. The van der Waals surface area contributed by atoms with Gasteiger partial charge in [0, 0.05) is 13.1 Å². The fourth-order valence-corrected chi connectivity index (χ4v) is 3.58. The number of benzene rings is 2. The van der Waals surface area contributed by atoms with Gasteiger partial charge in [-0.15, -0.1) is 0 Å². The van der Waals surface area contributed by atoms with Gasteiger partial charge in [-0.25, -0.2) is 4.79 Å². The molecule has 1 atom stereocenters. The molecule has 1 heterocycles. The Morgan fingerprint density at radius 2 is 1.82 bits per heavy atom. The maximum absolute atomic E-state index is 13.1. The van der Waals surface area contributed by atoms with Crippen molar-refractivity contribution in [3.8, 4) is 0 Å². The van der Waals surface area contributed by atoms with Gasteiger partial charge in [0.1, 0.15) is 12.1 Å². The number of carbonyl (C=O) groups excluding carboxylic acids is 3. The number of nitrogens with zero attached hydrogens (tertiary/aromatic N) is 2. The minimum atomic E-state index is -1.18. The molecule has 4 amide bonds. The van der Waals surface area contributed by atoms with E-state index in [0.29, 0.717) is 18.7 Å². The summed E-state index contributed by atoms with van der Waals surface area (Å²) in [6.07, 6.45) is 1.88. The van der Waals surface area contributed by atoms with Gasteiger partial charge in [-0.05, 0) is 42.7 Å². The molecule has 148 valence electrons. The van der Waals surface area contributed by atoms with Gasteiger partial charge < -0.3 is 10.2 Å². The van der Waals surface area contributed by atoms with Crippen LogP contribution in [-0.2, 0) is 15.1 Å². The molecule has 1 aliphatic rings. The third-order valence-electron chi connectivity index (χ3n) is 5.41. The van der Waals surface area contributed by atoms with Crippen molar-refractivity contribution in [1.82, 2.24) is 15.1 Å². The molecule has 0 bridgehead atoms. The normalized spacial score (nSPS) is 19.2. The van der Waals surface area contributed by atoms with Crippen molar-refractivity contribution >= 4 is 28.6 Å². The molecule has 0 radical (unpaired) electrons. The topological polar surface area (TPSA) is 69.7 Å². The van der Waals surface area contributed by atoms with Crippen LogP contribution in [0.2, 0.25) is 0 Å². The summed E-state index contributed by atoms with van der Waals surface area (Å²) < 4.78 is 0. The van der Waals surface area contributed by atoms with Crippen LogP contribution in [0.15, 0.2) is 42.5 Å². The predicted molar refractivity (Wildman–Crippen MR) is 109 cm³/mol. The van der Waals surface area contributed by atoms with Gasteiger partial charge in [-0.2, -0.15) is 0 Å². The zero-order chi connectivity index (χ0) is 20.3. The summed E-state index contributed by atoms with van der Waals surface area (Å²) >= 11 is 0. The predicted octanol–water partition coefficient (Wildman–Crippen LogP) is 3.26. The van der Waals surface area contributed by atoms with E-state index >= 15 is 0 Å². The molecule has 28 heavy (non-hydrogen) atoms. The van der Waals surface area contributed by atoms with Crippen LogP contribution < -0.4 is 5.32 Å². The van der Waals surface area contributed by atoms with Gasteiger partial charge in [0.2, 0.25) is 5.91 Å². The maximum Gasteiger partial charge on any atom is 0.325 e. The van der Waals surface area contributed by atoms with Gasteiger partial charge in [0.25, 0.3) is 5.91 Å². The average molecular weight is 381 g/mol. The number of rotatable bonds is 7. The number of urea groups is 1. The Bertz CT molecular complexity index is 911. The molecule has 6 heteroatoms. The van der Waals surface area contributed by atoms with Crippen LogP contribution >= 0.6 is 0 Å². The van der Waals surface area contributed by atoms with Gasteiger partial charge in [0.15, 0.2) is 0 Å². The van der Waals surface area contributed by atoms with Crippen molar-refractivity contribution in [1.29, 1.82) is 0 Å². The molecule has 0 aromatic heterocycles. The minimum Gasteiger partial charge on any atom is -0.341 e. The van der Waals surface area contributed by atoms with Crippen LogP contribution in [0.3, 0.4) is 0 Å². The number of fused-ring (bicyclic) bond motifs is 1. The van der Waals surface area contributed by atoms with E-state index in [4.69, 9.17) is 0 Å². The van der Waals surface area contributed by atoms with Crippen LogP contribution in [0.4, 0.5) is 4.79 Å². The molecule has 3 rings (SSSR count). The van der Waals surface area contributed by atoms with E-state index in [0.717, 1.165) is 28.5 Å². The summed E-state index contributed by atoms with van der Waals surface area (Å²) in [6, 6.07) is 13.0. The zero-order valence-electron chi connectivity index (χ0n) is 16.7. The van der Waals surface area contributed by atoms with Gasteiger partial charge in [-0.3, -0.25) is 14.5 Å². The lowest BCUT2D eigenvalue weighted by Crippen LogP contribution is -2.44. The van der Waals surface area contributed by atoms with Crippen molar-refractivity contribution in [3.63, 3.8) is 0 Å². The smallest absolute Gasteiger partial charge is 0.325 e. The summed E-state index contributed by atoms with van der Waals surface area (Å²) in [4.78, 5) is 41.0. The van der Waals surface area contributed by atoms with E-state index in [9.17, 15) is 14.4 Å². The van der Waals surface area contributed by atoms with Gasteiger partial charge in [0.05, 0.1) is 0 Å². The Morgan fingerprint density at radius 3 is 2.50 bits per heavy atom. The highest BCUT2D eigenvalue weighted by Crippen LogP contribution is 2.31. The van der Waals surface area contributed by atoms with E-state index < -0.39 is 17.5 Å². The molecular weight excluding hydrogens is 354 g/mol. The zero-order valence-corrected chi connectivity index (χ0v) is 16.7. The minimum absolute atomic E-state index is 0.206. The van der Waals surface area contributed by atoms with Gasteiger partial charge >= 0.3 is 6.03 Å². The Labute approximate surface area is 165 Å². The summed E-state index contributed by atoms with van der Waals surface area (Å²) in [5, 5.41) is 4.84. The number of carbonyl (C=O) groups is 3. The average Bonchev–Trinajstić information content (AvgIpc) is 2.92. The third-order valence-corrected chi connectivity index (χ3v) is 5.41. The van der Waals surface area contributed by atoms with E-state index in [1.165, 1.54) is 0 Å². The fourth-order valence-electron chi connectivity index (χ4n) is 3.58. The molecule has 0 spiro atoms. The van der Waals surface area contributed by atoms with Crippen LogP contribution in [0, 0.1) is 0 Å². The Morgan fingerprint density at radius 1 is 1.11 bits per heavy atom. The first-order valence-corrected chi connectivity index (χ1v) is 9.82. The first-order valence-electron chi connectivity index (χ1n) is 9.82. The molecule has 0 aliphatic carbocycles. The molecule has 1 aliphatic heterocycles. The summed E-state index contributed by atoms with van der Waals surface area (Å²) in [5.74, 6) is -0.602. The molecule has 2 aromatic carbocycles. The molecule has 1 fully saturated rings. The quantitative estimate of drug-likeness (QED) is 0.749. The Kier molecular flexibility index (Phi) is 5.68. The molecular formula is C22H27N3O3. The van der Waals surface area contributed by atoms with Crippen LogP contribution in [0.5, 0.6) is 0 Å². The Balaban J connectivity index is 1.82. The number of unbranched alkanes of at least 4 members (excludes halogenated alkanes) is 1. The number of likely N-dealkylation sites (N-methyl/N-ethyl adjacent to an activating group) is 1. The lowest BCUT2D eigenvalue weighted by atomic mass is 9.90. The first kappa shape index (κ1) is 19.9. The second kappa shape index (κ2) is 8.00. The Hall–Kier alpha value is -2.89. The summed E-state index contributed by atoms with van der Waals surface area (Å²) in [5.41, 5.74) is -0.472. The highest BCUT2D eigenvalue weighted by atomic mass is 16.2. The van der Waals surface area contributed by atoms with Crippen molar-refractivity contribution in [2.24, 2.45) is 0 Å². The van der Waals surface area contributed by atoms with E-state index in [-0.39, 0.29) is 12.5 Å².